The van der Waals surface area contributed by atoms with E-state index in [0.717, 1.165) is 165 Å². The Balaban J connectivity index is 0.708. The van der Waals surface area contributed by atoms with Crippen LogP contribution in [0.1, 0.15) is 108 Å². The molecule has 0 fully saturated rings. The molecular weight excluding hydrogens is 893 g/mol. The van der Waals surface area contributed by atoms with Crippen molar-refractivity contribution in [3.05, 3.63) is 130 Å². The summed E-state index contributed by atoms with van der Waals surface area (Å²) >= 11 is 0. The lowest BCUT2D eigenvalue weighted by atomic mass is 10.0. The summed E-state index contributed by atoms with van der Waals surface area (Å²) in [5, 5.41) is 13.4. The van der Waals surface area contributed by atoms with E-state index in [-0.39, 0.29) is 11.8 Å². The number of nitrogens with two attached hydrogens (primary N) is 2. The molecule has 0 bridgehead atoms. The van der Waals surface area contributed by atoms with Gasteiger partial charge in [0.2, 0.25) is 34.2 Å². The van der Waals surface area contributed by atoms with Crippen LogP contribution in [-0.2, 0) is 0 Å². The first kappa shape index (κ1) is 50.2. The minimum Gasteiger partial charge on any atom is -0.398 e. The zero-order valence-corrected chi connectivity index (χ0v) is 42.5. The molecule has 0 aliphatic heterocycles. The van der Waals surface area contributed by atoms with E-state index in [0.29, 0.717) is 24.2 Å². The molecule has 8 rings (SSSR count). The summed E-state index contributed by atoms with van der Waals surface area (Å²) in [7, 11) is 0. The molecule has 2 aromatic heterocycles. The number of amides is 2. The van der Waals surface area contributed by atoms with Gasteiger partial charge in [0, 0.05) is 98.2 Å². The van der Waals surface area contributed by atoms with Crippen LogP contribution in [0.25, 0.3) is 55.3 Å². The van der Waals surface area contributed by atoms with Crippen LogP contribution in [0.15, 0.2) is 97.1 Å². The number of nitrogen functional groups attached to an aromatic ring is 2. The molecule has 8 N–H and O–H groups in total. The van der Waals surface area contributed by atoms with Crippen LogP contribution in [0.5, 0.6) is 0 Å². The standard InChI is InChI=1S/C60H64N10O2/c1-7-29-69-55-35-47(61)39(3)31-51(55)67-53-33-41(5)49(37-57(53)69)63-25-13-9-11-15-27-65-59(71)45-21-17-43(18-22-45)44-19-23-46(24-20-44)60(72)66-28-16-12-10-14-26-64-50-38-58-54(34-42(50)6)68-52-32-40(4)48(62)36-56(52)70(58)30-8-2/h17-24,31-38H,9-16,25-28H2,1-6H3,(H6,61,62,63,64,65,66,71,72)/p+2. The molecule has 0 saturated heterocycles. The Morgan fingerprint density at radius 2 is 0.792 bits per heavy atom. The molecule has 6 aromatic carbocycles. The van der Waals surface area contributed by atoms with Gasteiger partial charge in [0.25, 0.3) is 11.8 Å². The molecule has 0 aliphatic rings. The van der Waals surface area contributed by atoms with Gasteiger partial charge in [-0.2, -0.15) is 0 Å². The molecule has 0 spiro atoms. The number of anilines is 4. The fourth-order valence-electron chi connectivity index (χ4n) is 9.09. The Labute approximate surface area is 423 Å². The molecular formula is C60H66N10O2+2. The molecule has 2 amide bonds. The number of fused-ring (bicyclic) bond motifs is 4. The second-order valence-electron chi connectivity index (χ2n) is 18.7. The van der Waals surface area contributed by atoms with Crippen LogP contribution >= 0.6 is 0 Å². The highest BCUT2D eigenvalue weighted by atomic mass is 16.2. The summed E-state index contributed by atoms with van der Waals surface area (Å²) in [6.45, 7) is 14.8. The fourth-order valence-corrected chi connectivity index (χ4v) is 9.09. The number of nitrogens with one attached hydrogen (secondary N) is 4. The summed E-state index contributed by atoms with van der Waals surface area (Å²) in [6.07, 6.45) is 7.98. The molecule has 0 saturated carbocycles. The number of unbranched alkanes of at least 4 members (excludes halogenated alkanes) is 6. The molecule has 8 aromatic rings. The summed E-state index contributed by atoms with van der Waals surface area (Å²) in [5.74, 6) is 5.93. The van der Waals surface area contributed by atoms with Crippen molar-refractivity contribution in [2.24, 2.45) is 0 Å². The van der Waals surface area contributed by atoms with Gasteiger partial charge in [-0.3, -0.25) is 9.59 Å². The molecule has 2 heterocycles. The Morgan fingerprint density at radius 1 is 0.458 bits per heavy atom. The summed E-state index contributed by atoms with van der Waals surface area (Å²) < 4.78 is 3.97. The third-order valence-corrected chi connectivity index (χ3v) is 13.3. The lowest BCUT2D eigenvalue weighted by Crippen LogP contribution is -2.31. The maximum absolute atomic E-state index is 12.9. The molecule has 0 unspecified atom stereocenters. The topological polar surface area (TPSA) is 168 Å². The number of aromatic nitrogens is 4. The van der Waals surface area contributed by atoms with E-state index in [1.807, 2.05) is 110 Å². The van der Waals surface area contributed by atoms with Crippen LogP contribution in [0.2, 0.25) is 0 Å². The van der Waals surface area contributed by atoms with Crippen LogP contribution < -0.4 is 41.9 Å². The molecule has 0 radical (unpaired) electrons. The van der Waals surface area contributed by atoms with Crippen molar-refractivity contribution < 1.29 is 18.7 Å². The molecule has 12 nitrogen and oxygen atoms in total. The van der Waals surface area contributed by atoms with Gasteiger partial charge in [-0.25, -0.2) is 9.97 Å². The predicted octanol–water partition coefficient (Wildman–Crippen LogP) is 10.2. The smallest absolute Gasteiger partial charge is 0.251 e. The molecule has 72 heavy (non-hydrogen) atoms. The minimum atomic E-state index is -0.0788. The van der Waals surface area contributed by atoms with E-state index in [9.17, 15) is 9.59 Å². The molecule has 0 atom stereocenters. The van der Waals surface area contributed by atoms with Crippen molar-refractivity contribution in [2.75, 3.05) is 48.3 Å². The Hall–Kier alpha value is -8.22. The largest absolute Gasteiger partial charge is 0.398 e. The number of hydrogen-bond donors (Lipinski definition) is 6. The van der Waals surface area contributed by atoms with Gasteiger partial charge in [-0.05, 0) is 147 Å². The van der Waals surface area contributed by atoms with Crippen LogP contribution in [0.3, 0.4) is 0 Å². The maximum Gasteiger partial charge on any atom is 0.251 e. The fraction of sp³-hybridized carbons (Fsp3) is 0.300. The Morgan fingerprint density at radius 3 is 1.15 bits per heavy atom. The minimum absolute atomic E-state index is 0.0788. The first-order valence-electron chi connectivity index (χ1n) is 25.1. The zero-order chi connectivity index (χ0) is 50.7. The number of carbonyl (C=O) groups is 2. The predicted molar refractivity (Wildman–Crippen MR) is 295 cm³/mol. The quantitative estimate of drug-likeness (QED) is 0.0153. The average Bonchev–Trinajstić information content (AvgIpc) is 3.37. The van der Waals surface area contributed by atoms with E-state index in [4.69, 9.17) is 21.4 Å². The summed E-state index contributed by atoms with van der Waals surface area (Å²) in [5.41, 5.74) is 30.7. The molecule has 12 heteroatoms. The van der Waals surface area contributed by atoms with E-state index in [1.54, 1.807) is 0 Å². The SMILES string of the molecule is CC#C[n+]1c2cc(N)c(C)cc2nc2cc(C)c(NCCCCCCNC(=O)c3ccc(-c4ccc(C(=O)NCCCCCCNc5cc6c(cc5C)nc5cc(C)c(N)cc5[n+]6C#CC)cc4)cc3)cc21. The lowest BCUT2D eigenvalue weighted by molar-refractivity contribution is -0.525. The van der Waals surface area contributed by atoms with Crippen LogP contribution in [0.4, 0.5) is 22.7 Å². The van der Waals surface area contributed by atoms with Crippen LogP contribution in [0, 0.1) is 51.6 Å². The second-order valence-corrected chi connectivity index (χ2v) is 18.7. The van der Waals surface area contributed by atoms with E-state index in [1.165, 1.54) is 0 Å². The first-order chi connectivity index (χ1) is 34.9. The summed E-state index contributed by atoms with van der Waals surface area (Å²) in [4.78, 5) is 35.8. The van der Waals surface area contributed by atoms with Crippen LogP contribution in [-0.4, -0.2) is 48.0 Å². The maximum atomic E-state index is 12.9. The summed E-state index contributed by atoms with van der Waals surface area (Å²) in [6, 6.07) is 38.1. The number of nitrogens with zero attached hydrogens (tertiary/aromatic N) is 4. The monoisotopic (exact) mass is 959 g/mol. The third-order valence-electron chi connectivity index (χ3n) is 13.3. The van der Waals surface area contributed by atoms with Gasteiger partial charge < -0.3 is 32.7 Å². The zero-order valence-electron chi connectivity index (χ0n) is 42.5. The van der Waals surface area contributed by atoms with Crippen molar-refractivity contribution in [3.63, 3.8) is 0 Å². The van der Waals surface area contributed by atoms with Gasteiger partial charge in [-0.15, -0.1) is 0 Å². The number of benzene rings is 6. The molecule has 366 valence electrons. The highest BCUT2D eigenvalue weighted by molar-refractivity contribution is 5.96. The number of hydrogen-bond acceptors (Lipinski definition) is 8. The van der Waals surface area contributed by atoms with Crippen molar-refractivity contribution in [1.82, 2.24) is 20.6 Å². The van der Waals surface area contributed by atoms with Crippen molar-refractivity contribution in [2.45, 2.75) is 92.9 Å². The highest BCUT2D eigenvalue weighted by Gasteiger charge is 2.21. The van der Waals surface area contributed by atoms with E-state index in [2.05, 4.69) is 83.3 Å². The van der Waals surface area contributed by atoms with Crippen molar-refractivity contribution in [3.8, 4) is 35.1 Å². The first-order valence-corrected chi connectivity index (χ1v) is 25.1. The number of aryl methyl sites for hydroxylation is 4. The van der Waals surface area contributed by atoms with E-state index < -0.39 is 0 Å². The number of carbonyl (C=O) groups excluding carboxylic acids is 2. The Bertz CT molecular complexity index is 3220. The Kier molecular flexibility index (Phi) is 16.1. The van der Waals surface area contributed by atoms with Gasteiger partial charge >= 0.3 is 0 Å². The van der Waals surface area contributed by atoms with E-state index >= 15 is 0 Å². The molecule has 0 aliphatic carbocycles. The average molecular weight is 959 g/mol. The van der Waals surface area contributed by atoms with Gasteiger partial charge in [0.15, 0.2) is 0 Å². The van der Waals surface area contributed by atoms with Crippen molar-refractivity contribution in [1.29, 1.82) is 0 Å². The van der Waals surface area contributed by atoms with Crippen molar-refractivity contribution >= 4 is 78.7 Å². The lowest BCUT2D eigenvalue weighted by Gasteiger charge is -2.11. The van der Waals surface area contributed by atoms with Gasteiger partial charge in [-0.1, -0.05) is 59.1 Å². The van der Waals surface area contributed by atoms with Gasteiger partial charge in [0.05, 0.1) is 0 Å². The number of rotatable bonds is 19. The highest BCUT2D eigenvalue weighted by Crippen LogP contribution is 2.27. The third kappa shape index (κ3) is 11.7. The second kappa shape index (κ2) is 23.1. The van der Waals surface area contributed by atoms with Gasteiger partial charge in [0.1, 0.15) is 22.1 Å². The normalized spacial score (nSPS) is 11.0.